The Morgan fingerprint density at radius 2 is 1.66 bits per heavy atom. The van der Waals surface area contributed by atoms with Crippen molar-refractivity contribution in [1.29, 1.82) is 0 Å². The van der Waals surface area contributed by atoms with Crippen molar-refractivity contribution in [3.63, 3.8) is 0 Å². The van der Waals surface area contributed by atoms with Gasteiger partial charge < -0.3 is 10.6 Å². The van der Waals surface area contributed by atoms with Gasteiger partial charge in [-0.3, -0.25) is 4.99 Å². The molecule has 0 spiro atoms. The van der Waals surface area contributed by atoms with Gasteiger partial charge in [-0.15, -0.1) is 35.7 Å². The molecule has 160 valence electrons. The molecular weight excluding hydrogens is 524 g/mol. The predicted molar refractivity (Wildman–Crippen MR) is 130 cm³/mol. The van der Waals surface area contributed by atoms with E-state index in [1.807, 2.05) is 12.1 Å². The van der Waals surface area contributed by atoms with Crippen molar-refractivity contribution in [2.45, 2.75) is 22.6 Å². The molecule has 0 saturated carbocycles. The lowest BCUT2D eigenvalue weighted by Gasteiger charge is -2.12. The first-order valence-electron chi connectivity index (χ1n) is 9.00. The molecule has 0 aliphatic heterocycles. The fourth-order valence-electron chi connectivity index (χ4n) is 2.45. The summed E-state index contributed by atoms with van der Waals surface area (Å²) in [6.45, 7) is 1.49. The monoisotopic (exact) mass is 551 g/mol. The number of nitrogens with one attached hydrogen (secondary N) is 2. The number of sulfone groups is 1. The molecule has 0 unspecified atom stereocenters. The van der Waals surface area contributed by atoms with Gasteiger partial charge in [-0.1, -0.05) is 12.1 Å². The van der Waals surface area contributed by atoms with Gasteiger partial charge in [0.1, 0.15) is 5.82 Å². The third kappa shape index (κ3) is 9.81. The van der Waals surface area contributed by atoms with Crippen LogP contribution in [0.25, 0.3) is 0 Å². The van der Waals surface area contributed by atoms with E-state index in [4.69, 9.17) is 0 Å². The van der Waals surface area contributed by atoms with E-state index >= 15 is 0 Å². The van der Waals surface area contributed by atoms with Crippen LogP contribution in [0.15, 0.2) is 63.3 Å². The number of hydrogen-bond acceptors (Lipinski definition) is 4. The second-order valence-corrected chi connectivity index (χ2v) is 9.43. The van der Waals surface area contributed by atoms with E-state index in [1.165, 1.54) is 18.4 Å². The highest BCUT2D eigenvalue weighted by atomic mass is 127. The molecule has 5 nitrogen and oxygen atoms in total. The molecule has 0 amide bonds. The molecule has 29 heavy (non-hydrogen) atoms. The molecule has 0 atom stereocenters. The lowest BCUT2D eigenvalue weighted by Crippen LogP contribution is -2.38. The Labute approximate surface area is 193 Å². The number of thioether (sulfide) groups is 1. The Balaban J connectivity index is 0.00000420. The van der Waals surface area contributed by atoms with Crippen molar-refractivity contribution in [3.8, 4) is 0 Å². The highest BCUT2D eigenvalue weighted by molar-refractivity contribution is 14.0. The molecule has 2 N–H and O–H groups in total. The fourth-order valence-corrected chi connectivity index (χ4v) is 3.93. The highest BCUT2D eigenvalue weighted by Crippen LogP contribution is 2.18. The van der Waals surface area contributed by atoms with E-state index < -0.39 is 9.84 Å². The second-order valence-electron chi connectivity index (χ2n) is 6.25. The quantitative estimate of drug-likeness (QED) is 0.164. The van der Waals surface area contributed by atoms with Crippen LogP contribution in [-0.4, -0.2) is 46.5 Å². The minimum atomic E-state index is -3.16. The zero-order chi connectivity index (χ0) is 20.4. The van der Waals surface area contributed by atoms with Crippen molar-refractivity contribution in [2.75, 3.05) is 32.1 Å². The van der Waals surface area contributed by atoms with Gasteiger partial charge in [0.2, 0.25) is 0 Å². The maximum absolute atomic E-state index is 12.9. The van der Waals surface area contributed by atoms with Crippen molar-refractivity contribution in [2.24, 2.45) is 4.99 Å². The summed E-state index contributed by atoms with van der Waals surface area (Å²) in [6, 6.07) is 13.5. The van der Waals surface area contributed by atoms with Crippen LogP contribution >= 0.6 is 35.7 Å². The third-order valence-electron chi connectivity index (χ3n) is 3.98. The standard InChI is InChI=1S/C20H26FN3O2S2.HI/c1-22-20(23-13-3-15-27-18-8-6-17(21)7-9-18)24-14-12-16-4-10-19(11-5-16)28(2,25)26;/h4-11H,3,12-15H2,1-2H3,(H2,22,23,24);1H. The Morgan fingerprint density at radius 3 is 2.24 bits per heavy atom. The summed E-state index contributed by atoms with van der Waals surface area (Å²) < 4.78 is 35.8. The smallest absolute Gasteiger partial charge is 0.190 e. The number of aliphatic imine (C=N–C) groups is 1. The van der Waals surface area contributed by atoms with Gasteiger partial charge in [0.25, 0.3) is 0 Å². The summed E-state index contributed by atoms with van der Waals surface area (Å²) in [5.74, 6) is 1.45. The van der Waals surface area contributed by atoms with Crippen molar-refractivity contribution < 1.29 is 12.8 Å². The van der Waals surface area contributed by atoms with Crippen LogP contribution in [0, 0.1) is 5.82 Å². The molecule has 0 radical (unpaired) electrons. The molecule has 2 aromatic rings. The number of halogens is 2. The van der Waals surface area contributed by atoms with Gasteiger partial charge in [-0.05, 0) is 60.6 Å². The third-order valence-corrected chi connectivity index (χ3v) is 6.20. The Morgan fingerprint density at radius 1 is 1.03 bits per heavy atom. The zero-order valence-corrected chi connectivity index (χ0v) is 20.5. The Hall–Kier alpha value is -1.33. The lowest BCUT2D eigenvalue weighted by molar-refractivity contribution is 0.602. The zero-order valence-electron chi connectivity index (χ0n) is 16.5. The van der Waals surface area contributed by atoms with Crippen LogP contribution in [0.4, 0.5) is 4.39 Å². The molecule has 0 heterocycles. The van der Waals surface area contributed by atoms with Crippen LogP contribution in [-0.2, 0) is 16.3 Å². The Bertz CT molecular complexity index is 874. The van der Waals surface area contributed by atoms with E-state index in [0.29, 0.717) is 11.4 Å². The van der Waals surface area contributed by atoms with Gasteiger partial charge in [0.15, 0.2) is 15.8 Å². The van der Waals surface area contributed by atoms with Crippen LogP contribution in [0.2, 0.25) is 0 Å². The van der Waals surface area contributed by atoms with Gasteiger partial charge in [-0.25, -0.2) is 12.8 Å². The molecule has 0 fully saturated rings. The largest absolute Gasteiger partial charge is 0.356 e. The van der Waals surface area contributed by atoms with Gasteiger partial charge >= 0.3 is 0 Å². The van der Waals surface area contributed by atoms with Crippen molar-refractivity contribution in [3.05, 3.63) is 59.9 Å². The normalized spacial score (nSPS) is 11.6. The summed E-state index contributed by atoms with van der Waals surface area (Å²) >= 11 is 1.70. The molecule has 0 aromatic heterocycles. The first-order valence-corrected chi connectivity index (χ1v) is 11.9. The number of rotatable bonds is 9. The minimum absolute atomic E-state index is 0. The van der Waals surface area contributed by atoms with Gasteiger partial charge in [0, 0.05) is 31.3 Å². The summed E-state index contributed by atoms with van der Waals surface area (Å²) in [5, 5.41) is 6.52. The van der Waals surface area contributed by atoms with Gasteiger partial charge in [-0.2, -0.15) is 0 Å². The average molecular weight is 551 g/mol. The topological polar surface area (TPSA) is 70.6 Å². The number of nitrogens with zero attached hydrogens (tertiary/aromatic N) is 1. The number of guanidine groups is 1. The highest BCUT2D eigenvalue weighted by Gasteiger charge is 2.06. The summed E-state index contributed by atoms with van der Waals surface area (Å²) in [6.07, 6.45) is 2.93. The SMILES string of the molecule is CN=C(NCCCSc1ccc(F)cc1)NCCc1ccc(S(C)(=O)=O)cc1.I. The second kappa shape index (κ2) is 13.1. The molecule has 9 heteroatoms. The van der Waals surface area contributed by atoms with Crippen LogP contribution < -0.4 is 10.6 Å². The maximum Gasteiger partial charge on any atom is 0.190 e. The molecule has 2 rings (SSSR count). The predicted octanol–water partition coefficient (Wildman–Crippen LogP) is 3.74. The van der Waals surface area contributed by atoms with Gasteiger partial charge in [0.05, 0.1) is 4.90 Å². The van der Waals surface area contributed by atoms with Crippen LogP contribution in [0.3, 0.4) is 0 Å². The van der Waals surface area contributed by atoms with E-state index in [2.05, 4.69) is 15.6 Å². The van der Waals surface area contributed by atoms with Crippen molar-refractivity contribution in [1.82, 2.24) is 10.6 Å². The minimum Gasteiger partial charge on any atom is -0.356 e. The number of hydrogen-bond donors (Lipinski definition) is 2. The number of benzene rings is 2. The maximum atomic E-state index is 12.9. The first-order chi connectivity index (χ1) is 13.4. The van der Waals surface area contributed by atoms with E-state index in [0.717, 1.165) is 41.6 Å². The summed E-state index contributed by atoms with van der Waals surface area (Å²) in [7, 11) is -1.43. The van der Waals surface area contributed by atoms with Crippen LogP contribution in [0.1, 0.15) is 12.0 Å². The van der Waals surface area contributed by atoms with E-state index in [9.17, 15) is 12.8 Å². The van der Waals surface area contributed by atoms with E-state index in [1.54, 1.807) is 43.1 Å². The molecule has 0 aliphatic rings. The molecular formula is C20H27FIN3O2S2. The lowest BCUT2D eigenvalue weighted by atomic mass is 10.1. The summed E-state index contributed by atoms with van der Waals surface area (Å²) in [5.41, 5.74) is 1.06. The first kappa shape index (κ1) is 25.7. The van der Waals surface area contributed by atoms with E-state index in [-0.39, 0.29) is 29.8 Å². The molecule has 2 aromatic carbocycles. The Kier molecular flexibility index (Phi) is 11.6. The molecule has 0 aliphatic carbocycles. The molecule has 0 bridgehead atoms. The van der Waals surface area contributed by atoms with Crippen molar-refractivity contribution >= 4 is 51.5 Å². The summed E-state index contributed by atoms with van der Waals surface area (Å²) in [4.78, 5) is 5.59. The van der Waals surface area contributed by atoms with Crippen LogP contribution in [0.5, 0.6) is 0 Å². The average Bonchev–Trinajstić information content (AvgIpc) is 2.67. The molecule has 0 saturated heterocycles. The fraction of sp³-hybridized carbons (Fsp3) is 0.350.